The summed E-state index contributed by atoms with van der Waals surface area (Å²) >= 11 is 1.02. The Morgan fingerprint density at radius 1 is 1.15 bits per heavy atom. The minimum atomic E-state index is -0.229. The molecule has 5 rings (SSSR count). The van der Waals surface area contributed by atoms with Crippen molar-refractivity contribution in [3.63, 3.8) is 0 Å². The molecule has 170 valence electrons. The van der Waals surface area contributed by atoms with Crippen LogP contribution in [0.2, 0.25) is 0 Å². The fourth-order valence-corrected chi connectivity index (χ4v) is 5.05. The van der Waals surface area contributed by atoms with Gasteiger partial charge in [0.05, 0.1) is 24.3 Å². The normalized spacial score (nSPS) is 14.3. The summed E-state index contributed by atoms with van der Waals surface area (Å²) in [5, 5.41) is 24.7. The summed E-state index contributed by atoms with van der Waals surface area (Å²) < 4.78 is 3.92. The van der Waals surface area contributed by atoms with Crippen LogP contribution >= 0.6 is 11.5 Å². The molecule has 2 aliphatic rings. The highest BCUT2D eigenvalue weighted by Crippen LogP contribution is 2.36. The van der Waals surface area contributed by atoms with E-state index in [9.17, 15) is 9.90 Å². The van der Waals surface area contributed by atoms with Crippen LogP contribution in [0.15, 0.2) is 18.6 Å². The Morgan fingerprint density at radius 2 is 2.00 bits per heavy atom. The number of carbonyl (C=O) groups excluding carboxylic acids is 1. The Kier molecular flexibility index (Phi) is 5.41. The van der Waals surface area contributed by atoms with Crippen LogP contribution in [0.5, 0.6) is 5.88 Å². The van der Waals surface area contributed by atoms with Gasteiger partial charge in [-0.2, -0.15) is 4.37 Å². The van der Waals surface area contributed by atoms with Gasteiger partial charge in [0.15, 0.2) is 0 Å². The smallest absolute Gasteiger partial charge is 0.278 e. The van der Waals surface area contributed by atoms with E-state index in [1.807, 2.05) is 20.0 Å². The number of aromatic hydroxyl groups is 1. The Morgan fingerprint density at radius 3 is 2.76 bits per heavy atom. The van der Waals surface area contributed by atoms with Crippen LogP contribution in [0.4, 0.5) is 16.5 Å². The lowest BCUT2D eigenvalue weighted by Crippen LogP contribution is -2.30. The fourth-order valence-electron chi connectivity index (χ4n) is 4.34. The second-order valence-electron chi connectivity index (χ2n) is 8.40. The van der Waals surface area contributed by atoms with Crippen LogP contribution in [-0.2, 0) is 19.3 Å². The number of aromatic nitrogens is 4. The molecule has 11 heteroatoms. The standard InChI is InChI=1S/C22H24N8O2S/c1-11(2)27-19(23)18-20(31)29-33-21(18)28-17-10-25-15(8-26-17)22(32)30-7-6-13-12-4-3-5-14(12)24-9-16(13)30/h8-11H,3-7H2,1-2H3,(H2,23,27)(H,26,28)(H,29,31). The lowest BCUT2D eigenvalue weighted by atomic mass is 10.1. The van der Waals surface area contributed by atoms with Crippen LogP contribution in [0.25, 0.3) is 0 Å². The van der Waals surface area contributed by atoms with Gasteiger partial charge in [-0.25, -0.2) is 9.97 Å². The zero-order valence-corrected chi connectivity index (χ0v) is 19.2. The van der Waals surface area contributed by atoms with Crippen molar-refractivity contribution in [2.24, 2.45) is 0 Å². The average Bonchev–Trinajstić information content (AvgIpc) is 3.51. The van der Waals surface area contributed by atoms with Crippen LogP contribution in [-0.4, -0.2) is 48.8 Å². The molecule has 0 fully saturated rings. The number of amidine groups is 1. The molecule has 0 bridgehead atoms. The molecule has 0 saturated heterocycles. The first-order valence-corrected chi connectivity index (χ1v) is 11.6. The first-order chi connectivity index (χ1) is 15.9. The minimum absolute atomic E-state index is 0.0294. The summed E-state index contributed by atoms with van der Waals surface area (Å²) in [6.07, 6.45) is 8.72. The second kappa shape index (κ2) is 8.39. The van der Waals surface area contributed by atoms with E-state index in [4.69, 9.17) is 5.41 Å². The molecule has 0 aromatic carbocycles. The van der Waals surface area contributed by atoms with Crippen molar-refractivity contribution in [3.8, 4) is 5.88 Å². The SMILES string of the molecule is CC(C)NC(=N)c1c(O)nsc1Nc1cnc(C(=O)N2CCc3c2cnc2c3CCC2)cn1. The zero-order valence-electron chi connectivity index (χ0n) is 18.3. The number of nitrogens with one attached hydrogen (secondary N) is 3. The Hall–Kier alpha value is -3.60. The van der Waals surface area contributed by atoms with Crippen molar-refractivity contribution < 1.29 is 9.90 Å². The number of fused-ring (bicyclic) bond motifs is 3. The number of rotatable bonds is 5. The monoisotopic (exact) mass is 464 g/mol. The maximum atomic E-state index is 13.1. The molecule has 0 atom stereocenters. The summed E-state index contributed by atoms with van der Waals surface area (Å²) in [6.45, 7) is 4.42. The molecule has 4 N–H and O–H groups in total. The van der Waals surface area contributed by atoms with E-state index in [-0.39, 0.29) is 34.9 Å². The number of aryl methyl sites for hydroxylation is 1. The van der Waals surface area contributed by atoms with Crippen molar-refractivity contribution in [1.29, 1.82) is 5.41 Å². The maximum absolute atomic E-state index is 13.1. The summed E-state index contributed by atoms with van der Waals surface area (Å²) in [4.78, 5) is 28.1. The molecule has 0 spiro atoms. The summed E-state index contributed by atoms with van der Waals surface area (Å²) in [7, 11) is 0. The molecule has 10 nitrogen and oxygen atoms in total. The highest BCUT2D eigenvalue weighted by molar-refractivity contribution is 7.11. The molecule has 1 aliphatic carbocycles. The van der Waals surface area contributed by atoms with Gasteiger partial charge in [0.2, 0.25) is 5.88 Å². The highest BCUT2D eigenvalue weighted by Gasteiger charge is 2.31. The lowest BCUT2D eigenvalue weighted by molar-refractivity contribution is 0.0984. The number of hydrogen-bond acceptors (Lipinski definition) is 9. The quantitative estimate of drug-likeness (QED) is 0.334. The Labute approximate surface area is 194 Å². The predicted octanol–water partition coefficient (Wildman–Crippen LogP) is 2.79. The summed E-state index contributed by atoms with van der Waals surface area (Å²) in [5.74, 6) is 0.0150. The van der Waals surface area contributed by atoms with Gasteiger partial charge < -0.3 is 20.6 Å². The fraction of sp³-hybridized carbons (Fsp3) is 0.364. The van der Waals surface area contributed by atoms with E-state index in [0.29, 0.717) is 17.4 Å². The van der Waals surface area contributed by atoms with E-state index < -0.39 is 0 Å². The van der Waals surface area contributed by atoms with Gasteiger partial charge >= 0.3 is 0 Å². The molecule has 1 aliphatic heterocycles. The first-order valence-electron chi connectivity index (χ1n) is 10.9. The number of anilines is 3. The van der Waals surface area contributed by atoms with E-state index >= 15 is 0 Å². The van der Waals surface area contributed by atoms with Gasteiger partial charge in [0.1, 0.15) is 27.9 Å². The molecule has 4 heterocycles. The molecule has 33 heavy (non-hydrogen) atoms. The molecule has 3 aromatic rings. The maximum Gasteiger partial charge on any atom is 0.278 e. The average molecular weight is 465 g/mol. The van der Waals surface area contributed by atoms with E-state index in [0.717, 1.165) is 42.9 Å². The van der Waals surface area contributed by atoms with Gasteiger partial charge in [0, 0.05) is 18.3 Å². The van der Waals surface area contributed by atoms with Gasteiger partial charge in [-0.3, -0.25) is 15.2 Å². The third kappa shape index (κ3) is 3.88. The Bertz CT molecular complexity index is 1240. The molecule has 0 radical (unpaired) electrons. The number of pyridine rings is 1. The van der Waals surface area contributed by atoms with Crippen molar-refractivity contribution in [2.45, 2.75) is 45.6 Å². The molecule has 1 amide bonds. The predicted molar refractivity (Wildman–Crippen MR) is 126 cm³/mol. The third-order valence-electron chi connectivity index (χ3n) is 5.80. The molecular weight excluding hydrogens is 440 g/mol. The van der Waals surface area contributed by atoms with E-state index in [1.54, 1.807) is 4.90 Å². The molecule has 0 unspecified atom stereocenters. The van der Waals surface area contributed by atoms with E-state index in [2.05, 4.69) is 30.0 Å². The van der Waals surface area contributed by atoms with Gasteiger partial charge in [-0.05, 0) is 62.2 Å². The number of amides is 1. The number of carbonyl (C=O) groups is 1. The van der Waals surface area contributed by atoms with Crippen LogP contribution in [0, 0.1) is 5.41 Å². The van der Waals surface area contributed by atoms with Gasteiger partial charge in [-0.15, -0.1) is 0 Å². The first kappa shape index (κ1) is 21.3. The van der Waals surface area contributed by atoms with Gasteiger partial charge in [-0.1, -0.05) is 0 Å². The minimum Gasteiger partial charge on any atom is -0.492 e. The zero-order chi connectivity index (χ0) is 23.1. The molecule has 3 aromatic heterocycles. The lowest BCUT2D eigenvalue weighted by Gasteiger charge is -2.17. The van der Waals surface area contributed by atoms with Crippen molar-refractivity contribution >= 4 is 39.8 Å². The topological polar surface area (TPSA) is 140 Å². The van der Waals surface area contributed by atoms with Crippen LogP contribution in [0.3, 0.4) is 0 Å². The van der Waals surface area contributed by atoms with Gasteiger partial charge in [0.25, 0.3) is 5.91 Å². The van der Waals surface area contributed by atoms with Crippen molar-refractivity contribution in [3.05, 3.63) is 46.7 Å². The van der Waals surface area contributed by atoms with E-state index in [1.165, 1.54) is 29.2 Å². The number of nitrogens with zero attached hydrogens (tertiary/aromatic N) is 5. The Balaban J connectivity index is 1.33. The van der Waals surface area contributed by atoms with Crippen LogP contribution in [0.1, 0.15) is 53.1 Å². The third-order valence-corrected chi connectivity index (χ3v) is 6.55. The van der Waals surface area contributed by atoms with Crippen molar-refractivity contribution in [2.75, 3.05) is 16.8 Å². The van der Waals surface area contributed by atoms with Crippen molar-refractivity contribution in [1.82, 2.24) is 24.6 Å². The summed E-state index contributed by atoms with van der Waals surface area (Å²) in [5.41, 5.74) is 5.12. The molecular formula is C22H24N8O2S. The summed E-state index contributed by atoms with van der Waals surface area (Å²) in [6, 6.07) is 0.0294. The molecule has 0 saturated carbocycles. The number of hydrogen-bond donors (Lipinski definition) is 4. The largest absolute Gasteiger partial charge is 0.492 e. The second-order valence-corrected chi connectivity index (χ2v) is 9.18. The highest BCUT2D eigenvalue weighted by atomic mass is 32.1. The van der Waals surface area contributed by atoms with Crippen LogP contribution < -0.4 is 15.5 Å².